The van der Waals surface area contributed by atoms with E-state index in [9.17, 15) is 0 Å². The first-order valence-electron chi connectivity index (χ1n) is 7.88. The van der Waals surface area contributed by atoms with Gasteiger partial charge in [-0.15, -0.1) is 0 Å². The molecular weight excluding hydrogens is 399 g/mol. The van der Waals surface area contributed by atoms with Gasteiger partial charge < -0.3 is 4.57 Å². The first-order chi connectivity index (χ1) is 10.8. The molecule has 0 aliphatic carbocycles. The summed E-state index contributed by atoms with van der Waals surface area (Å²) in [5.41, 5.74) is 2.66. The molecule has 122 valence electrons. The molecule has 2 aromatic rings. The van der Waals surface area contributed by atoms with Crippen LogP contribution in [-0.2, 0) is 12.6 Å². The fourth-order valence-electron chi connectivity index (χ4n) is 3.54. The Balaban J connectivity index is 2.01. The number of aryl methyl sites for hydroxylation is 2. The van der Waals surface area contributed by atoms with Crippen LogP contribution in [0.2, 0.25) is 0 Å². The fourth-order valence-corrected chi connectivity index (χ4v) is 4.21. The van der Waals surface area contributed by atoms with E-state index in [0.29, 0.717) is 0 Å². The molecule has 0 spiro atoms. The molecule has 2 heterocycles. The predicted octanol–water partition coefficient (Wildman–Crippen LogP) is 4.47. The van der Waals surface area contributed by atoms with Crippen molar-refractivity contribution in [3.63, 3.8) is 0 Å². The average Bonchev–Trinajstić information content (AvgIpc) is 3.05. The summed E-state index contributed by atoms with van der Waals surface area (Å²) in [4.78, 5) is 6.77. The van der Waals surface area contributed by atoms with Crippen molar-refractivity contribution in [1.29, 1.82) is 0 Å². The summed E-state index contributed by atoms with van der Waals surface area (Å²) in [6.07, 6.45) is 8.54. The number of rotatable bonds is 3. The van der Waals surface area contributed by atoms with Gasteiger partial charge >= 0.3 is 0 Å². The van der Waals surface area contributed by atoms with Crippen LogP contribution >= 0.6 is 22.9 Å². The average molecular weight is 423 g/mol. The highest BCUT2D eigenvalue weighted by Gasteiger charge is 2.52. The topological polar surface area (TPSA) is 21.1 Å². The first-order valence-corrected chi connectivity index (χ1v) is 8.85. The number of benzene rings is 1. The van der Waals surface area contributed by atoms with E-state index in [0.717, 1.165) is 8.64 Å². The minimum atomic E-state index is -0.0538. The lowest BCUT2D eigenvalue weighted by molar-refractivity contribution is -0.783. The van der Waals surface area contributed by atoms with Crippen molar-refractivity contribution in [1.82, 2.24) is 9.55 Å². The molecule has 0 radical (unpaired) electrons. The van der Waals surface area contributed by atoms with Gasteiger partial charge in [0, 0.05) is 31.9 Å². The monoisotopic (exact) mass is 423 g/mol. The number of halogens is 1. The van der Waals surface area contributed by atoms with Gasteiger partial charge in [0.2, 0.25) is 5.95 Å². The third-order valence-corrected chi connectivity index (χ3v) is 7.41. The molecule has 23 heavy (non-hydrogen) atoms. The molecule has 0 saturated carbocycles. The van der Waals surface area contributed by atoms with Crippen molar-refractivity contribution < 1.29 is 2.70 Å². The van der Waals surface area contributed by atoms with Crippen LogP contribution in [0.4, 0.5) is 5.95 Å². The Bertz CT molecular complexity index is 749. The Kier molecular flexibility index (Phi) is 4.04. The van der Waals surface area contributed by atoms with Gasteiger partial charge in [-0.2, -0.15) is 0 Å². The van der Waals surface area contributed by atoms with Gasteiger partial charge in [-0.3, -0.25) is 4.90 Å². The smallest absolute Gasteiger partial charge is 0.256 e. The van der Waals surface area contributed by atoms with Crippen LogP contribution in [0.5, 0.6) is 0 Å². The van der Waals surface area contributed by atoms with E-state index >= 15 is 0 Å². The third kappa shape index (κ3) is 2.41. The van der Waals surface area contributed by atoms with Crippen molar-refractivity contribution in [3.8, 4) is 0 Å². The van der Waals surface area contributed by atoms with E-state index in [1.165, 1.54) is 11.1 Å². The maximum absolute atomic E-state index is 4.51. The summed E-state index contributed by atoms with van der Waals surface area (Å²) in [7, 11) is 2.04. The van der Waals surface area contributed by atoms with E-state index in [4.69, 9.17) is 0 Å². The number of hydrogen-bond acceptors (Lipinski definition) is 2. The summed E-state index contributed by atoms with van der Waals surface area (Å²) in [6.45, 7) is 9.11. The molecular formula is C18H24IN4+. The molecule has 1 aliphatic heterocycles. The number of nitrogens with zero attached hydrogens (tertiary/aromatic N) is 4. The zero-order chi connectivity index (χ0) is 16.8. The number of hydrogen-bond donors (Lipinski definition) is 0. The standard InChI is InChI=1S/C18H24IN4/c1-14-8-6-7-9-16(14)18(3,4)23(19)13-12-22(15(23)2)17-20-10-11-21(17)5/h6-13,15H,1-5H3/q+1/t15-,23?/m1/s1. The highest BCUT2D eigenvalue weighted by atomic mass is 127. The second-order valence-electron chi connectivity index (χ2n) is 6.74. The van der Waals surface area contributed by atoms with Crippen LogP contribution in [-0.4, -0.2) is 18.4 Å². The molecule has 1 unspecified atom stereocenters. The normalized spacial score (nSPS) is 24.4. The van der Waals surface area contributed by atoms with Crippen LogP contribution in [0.1, 0.15) is 31.9 Å². The van der Waals surface area contributed by atoms with Crippen molar-refractivity contribution in [2.45, 2.75) is 39.4 Å². The van der Waals surface area contributed by atoms with Crippen LogP contribution in [0, 0.1) is 6.92 Å². The van der Waals surface area contributed by atoms with Gasteiger partial charge in [0.25, 0.3) is 22.9 Å². The molecule has 1 aromatic carbocycles. The molecule has 3 rings (SSSR count). The van der Waals surface area contributed by atoms with Gasteiger partial charge in [-0.1, -0.05) is 24.3 Å². The van der Waals surface area contributed by atoms with E-state index in [1.807, 2.05) is 19.4 Å². The molecule has 2 atom stereocenters. The molecule has 0 bridgehead atoms. The van der Waals surface area contributed by atoms with E-state index < -0.39 is 0 Å². The Morgan fingerprint density at radius 2 is 1.96 bits per heavy atom. The molecule has 1 aromatic heterocycles. The Morgan fingerprint density at radius 3 is 2.57 bits per heavy atom. The number of quaternary nitrogens is 1. The van der Waals surface area contributed by atoms with Crippen molar-refractivity contribution in [3.05, 3.63) is 60.2 Å². The summed E-state index contributed by atoms with van der Waals surface area (Å²) < 4.78 is 2.84. The summed E-state index contributed by atoms with van der Waals surface area (Å²) in [5.74, 6) is 0.978. The van der Waals surface area contributed by atoms with Gasteiger partial charge in [0.05, 0.1) is 6.20 Å². The van der Waals surface area contributed by atoms with E-state index in [2.05, 4.69) is 102 Å². The van der Waals surface area contributed by atoms with Gasteiger partial charge in [-0.05, 0) is 26.3 Å². The van der Waals surface area contributed by atoms with Crippen LogP contribution in [0.25, 0.3) is 0 Å². The first kappa shape index (κ1) is 16.5. The second-order valence-corrected chi connectivity index (χ2v) is 8.33. The van der Waals surface area contributed by atoms with Crippen molar-refractivity contribution in [2.24, 2.45) is 7.05 Å². The zero-order valence-electron chi connectivity index (χ0n) is 14.4. The lowest BCUT2D eigenvalue weighted by Gasteiger charge is -2.44. The molecule has 0 saturated heterocycles. The Hall–Kier alpha value is -1.34. The van der Waals surface area contributed by atoms with Gasteiger partial charge in [0.1, 0.15) is 11.7 Å². The predicted molar refractivity (Wildman–Crippen MR) is 103 cm³/mol. The number of anilines is 1. The minimum absolute atomic E-state index is 0.0538. The van der Waals surface area contributed by atoms with Crippen LogP contribution in [0.3, 0.4) is 0 Å². The van der Waals surface area contributed by atoms with Crippen LogP contribution < -0.4 is 4.90 Å². The molecule has 0 N–H and O–H groups in total. The summed E-state index contributed by atoms with van der Waals surface area (Å²) in [5, 5.41) is 0. The van der Waals surface area contributed by atoms with Gasteiger partial charge in [-0.25, -0.2) is 7.68 Å². The lowest BCUT2D eigenvalue weighted by Crippen LogP contribution is -2.55. The highest BCUT2D eigenvalue weighted by molar-refractivity contribution is 14.1. The quantitative estimate of drug-likeness (QED) is 0.537. The number of imidazole rings is 1. The van der Waals surface area contributed by atoms with Gasteiger partial charge in [0.15, 0.2) is 6.17 Å². The van der Waals surface area contributed by atoms with E-state index in [1.54, 1.807) is 0 Å². The minimum Gasteiger partial charge on any atom is -0.320 e. The maximum atomic E-state index is 4.51. The molecule has 0 amide bonds. The lowest BCUT2D eigenvalue weighted by atomic mass is 9.88. The third-order valence-electron chi connectivity index (χ3n) is 5.08. The SMILES string of the molecule is Cc1ccccc1C(C)(C)[N+]1(I)C=CN(c2nccn2C)[C@H]1C. The Labute approximate surface area is 152 Å². The van der Waals surface area contributed by atoms with Crippen LogP contribution in [0.15, 0.2) is 49.1 Å². The molecule has 4 nitrogen and oxygen atoms in total. The zero-order valence-corrected chi connectivity index (χ0v) is 16.5. The molecule has 1 aliphatic rings. The Morgan fingerprint density at radius 1 is 1.26 bits per heavy atom. The van der Waals surface area contributed by atoms with E-state index in [-0.39, 0.29) is 11.7 Å². The maximum Gasteiger partial charge on any atom is 0.256 e. The fraction of sp³-hybridized carbons (Fsp3) is 0.389. The highest BCUT2D eigenvalue weighted by Crippen LogP contribution is 2.47. The summed E-state index contributed by atoms with van der Waals surface area (Å²) in [6, 6.07) is 8.68. The van der Waals surface area contributed by atoms with Crippen molar-refractivity contribution >= 4 is 28.8 Å². The summed E-state index contributed by atoms with van der Waals surface area (Å²) >= 11 is 2.58. The second kappa shape index (κ2) is 5.63. The number of aromatic nitrogens is 2. The molecule has 5 heteroatoms. The van der Waals surface area contributed by atoms with Crippen molar-refractivity contribution in [2.75, 3.05) is 4.90 Å². The largest absolute Gasteiger partial charge is 0.320 e. The molecule has 0 fully saturated rings.